The van der Waals surface area contributed by atoms with Gasteiger partial charge in [-0.2, -0.15) is 4.98 Å². The number of rotatable bonds is 5. The van der Waals surface area contributed by atoms with Crippen LogP contribution in [0.1, 0.15) is 26.2 Å². The lowest BCUT2D eigenvalue weighted by molar-refractivity contribution is 0.204. The highest BCUT2D eigenvalue weighted by molar-refractivity contribution is 6.29. The maximum atomic E-state index is 5.84. The van der Waals surface area contributed by atoms with Crippen LogP contribution in [0.2, 0.25) is 5.15 Å². The smallest absolute Gasteiger partial charge is 0.223 e. The van der Waals surface area contributed by atoms with Crippen LogP contribution in [0, 0.1) is 5.92 Å². The van der Waals surface area contributed by atoms with Gasteiger partial charge in [0, 0.05) is 19.2 Å². The van der Waals surface area contributed by atoms with Crippen LogP contribution in [-0.4, -0.2) is 41.0 Å². The number of likely N-dealkylation sites (tertiary alicyclic amines) is 1. The number of nitrogens with two attached hydrogens (primary N) is 1. The molecule has 3 N–H and O–H groups in total. The van der Waals surface area contributed by atoms with Crippen molar-refractivity contribution in [3.63, 3.8) is 0 Å². The summed E-state index contributed by atoms with van der Waals surface area (Å²) in [5, 5.41) is 3.65. The lowest BCUT2D eigenvalue weighted by Crippen LogP contribution is -2.35. The summed E-state index contributed by atoms with van der Waals surface area (Å²) in [5.74, 6) is 1.47. The summed E-state index contributed by atoms with van der Waals surface area (Å²) in [6, 6.07) is 1.70. The van der Waals surface area contributed by atoms with Crippen molar-refractivity contribution in [1.82, 2.24) is 14.9 Å². The topological polar surface area (TPSA) is 67.1 Å². The van der Waals surface area contributed by atoms with Gasteiger partial charge in [-0.1, -0.05) is 24.9 Å². The van der Waals surface area contributed by atoms with E-state index in [1.807, 2.05) is 0 Å². The van der Waals surface area contributed by atoms with E-state index in [0.717, 1.165) is 13.1 Å². The Balaban J connectivity index is 1.77. The first kappa shape index (κ1) is 14.3. The maximum absolute atomic E-state index is 5.84. The molecule has 19 heavy (non-hydrogen) atoms. The van der Waals surface area contributed by atoms with Crippen molar-refractivity contribution >= 4 is 23.4 Å². The van der Waals surface area contributed by atoms with Gasteiger partial charge >= 0.3 is 0 Å². The molecule has 1 atom stereocenters. The van der Waals surface area contributed by atoms with E-state index in [9.17, 15) is 0 Å². The van der Waals surface area contributed by atoms with Crippen molar-refractivity contribution in [2.45, 2.75) is 26.2 Å². The third-order valence-electron chi connectivity index (χ3n) is 3.36. The van der Waals surface area contributed by atoms with Crippen LogP contribution in [0.5, 0.6) is 0 Å². The van der Waals surface area contributed by atoms with Crippen LogP contribution in [0.15, 0.2) is 6.07 Å². The summed E-state index contributed by atoms with van der Waals surface area (Å²) in [7, 11) is 0. The number of hydrogen-bond donors (Lipinski definition) is 2. The van der Waals surface area contributed by atoms with E-state index in [1.165, 1.54) is 32.4 Å². The van der Waals surface area contributed by atoms with Gasteiger partial charge in [-0.25, -0.2) is 4.98 Å². The van der Waals surface area contributed by atoms with E-state index in [-0.39, 0.29) is 5.95 Å². The predicted molar refractivity (Wildman–Crippen MR) is 79.4 cm³/mol. The minimum absolute atomic E-state index is 0.207. The molecule has 1 fully saturated rings. The number of nitrogens with zero attached hydrogens (tertiary/aromatic N) is 3. The molecule has 1 aromatic heterocycles. The van der Waals surface area contributed by atoms with Crippen LogP contribution in [0.25, 0.3) is 0 Å². The fraction of sp³-hybridized carbons (Fsp3) is 0.692. The van der Waals surface area contributed by atoms with Gasteiger partial charge in [-0.15, -0.1) is 0 Å². The fourth-order valence-corrected chi connectivity index (χ4v) is 2.64. The van der Waals surface area contributed by atoms with Gasteiger partial charge in [0.15, 0.2) is 0 Å². The fourth-order valence-electron chi connectivity index (χ4n) is 2.45. The second kappa shape index (κ2) is 6.91. The summed E-state index contributed by atoms with van der Waals surface area (Å²) < 4.78 is 0. The molecule has 0 radical (unpaired) electrons. The molecular weight excluding hydrogens is 262 g/mol. The first-order valence-electron chi connectivity index (χ1n) is 6.90. The van der Waals surface area contributed by atoms with Gasteiger partial charge in [0.25, 0.3) is 0 Å². The summed E-state index contributed by atoms with van der Waals surface area (Å²) >= 11 is 5.84. The SMILES string of the molecule is CC(CNc1cc(Cl)nc(N)n1)CN1CCCCC1. The summed E-state index contributed by atoms with van der Waals surface area (Å²) in [4.78, 5) is 10.5. The molecule has 1 saturated heterocycles. The van der Waals surface area contributed by atoms with Gasteiger partial charge in [0.2, 0.25) is 5.95 Å². The average Bonchev–Trinajstić information content (AvgIpc) is 2.36. The van der Waals surface area contributed by atoms with Crippen molar-refractivity contribution < 1.29 is 0 Å². The second-order valence-electron chi connectivity index (χ2n) is 5.28. The Morgan fingerprint density at radius 3 is 2.79 bits per heavy atom. The zero-order valence-corrected chi connectivity index (χ0v) is 12.2. The quantitative estimate of drug-likeness (QED) is 0.811. The van der Waals surface area contributed by atoms with Gasteiger partial charge in [0.05, 0.1) is 0 Å². The Kier molecular flexibility index (Phi) is 5.22. The van der Waals surface area contributed by atoms with Crippen molar-refractivity contribution in [3.05, 3.63) is 11.2 Å². The maximum Gasteiger partial charge on any atom is 0.223 e. The molecule has 106 valence electrons. The third-order valence-corrected chi connectivity index (χ3v) is 3.56. The Morgan fingerprint density at radius 1 is 1.37 bits per heavy atom. The molecule has 1 aliphatic heterocycles. The van der Waals surface area contributed by atoms with Crippen molar-refractivity contribution in [1.29, 1.82) is 0 Å². The Labute approximate surface area is 119 Å². The molecule has 1 unspecified atom stereocenters. The molecule has 0 bridgehead atoms. The highest BCUT2D eigenvalue weighted by Crippen LogP contribution is 2.14. The molecule has 5 nitrogen and oxygen atoms in total. The molecule has 0 spiro atoms. The third kappa shape index (κ3) is 4.84. The summed E-state index contributed by atoms with van der Waals surface area (Å²) in [5.41, 5.74) is 5.56. The number of nitrogens with one attached hydrogen (secondary N) is 1. The van der Waals surface area contributed by atoms with Gasteiger partial charge in [-0.05, 0) is 31.8 Å². The number of piperidine rings is 1. The van der Waals surface area contributed by atoms with E-state index >= 15 is 0 Å². The molecule has 2 rings (SSSR count). The van der Waals surface area contributed by atoms with Crippen LogP contribution in [0.4, 0.5) is 11.8 Å². The molecule has 1 aliphatic rings. The molecule has 1 aromatic rings. The van der Waals surface area contributed by atoms with E-state index in [4.69, 9.17) is 17.3 Å². The van der Waals surface area contributed by atoms with Crippen LogP contribution < -0.4 is 11.1 Å². The second-order valence-corrected chi connectivity index (χ2v) is 5.67. The Morgan fingerprint density at radius 2 is 2.11 bits per heavy atom. The van der Waals surface area contributed by atoms with Crippen molar-refractivity contribution in [2.75, 3.05) is 37.2 Å². The molecule has 6 heteroatoms. The molecule has 0 saturated carbocycles. The minimum Gasteiger partial charge on any atom is -0.370 e. The van der Waals surface area contributed by atoms with Crippen LogP contribution in [0.3, 0.4) is 0 Å². The lowest BCUT2D eigenvalue weighted by atomic mass is 10.1. The van der Waals surface area contributed by atoms with E-state index < -0.39 is 0 Å². The van der Waals surface area contributed by atoms with Crippen molar-refractivity contribution in [2.24, 2.45) is 5.92 Å². The number of nitrogen functional groups attached to an aromatic ring is 1. The standard InChI is InChI=1S/C13H22ClN5/c1-10(9-19-5-3-2-4-6-19)8-16-12-7-11(14)17-13(15)18-12/h7,10H,2-6,8-9H2,1H3,(H3,15,16,17,18). The summed E-state index contributed by atoms with van der Waals surface area (Å²) in [6.07, 6.45) is 4.04. The predicted octanol–water partition coefficient (Wildman–Crippen LogP) is 2.25. The Bertz CT molecular complexity index is 386. The highest BCUT2D eigenvalue weighted by Gasteiger charge is 2.13. The van der Waals surface area contributed by atoms with E-state index in [2.05, 4.69) is 27.1 Å². The first-order chi connectivity index (χ1) is 9.13. The number of halogens is 1. The Hall–Kier alpha value is -1.07. The number of aromatic nitrogens is 2. The zero-order valence-electron chi connectivity index (χ0n) is 11.4. The van der Waals surface area contributed by atoms with Gasteiger partial charge in [-0.3, -0.25) is 0 Å². The highest BCUT2D eigenvalue weighted by atomic mass is 35.5. The van der Waals surface area contributed by atoms with Crippen molar-refractivity contribution in [3.8, 4) is 0 Å². The molecule has 2 heterocycles. The average molecular weight is 284 g/mol. The summed E-state index contributed by atoms with van der Waals surface area (Å²) in [6.45, 7) is 6.70. The van der Waals surface area contributed by atoms with Gasteiger partial charge in [0.1, 0.15) is 11.0 Å². The molecular formula is C13H22ClN5. The largest absolute Gasteiger partial charge is 0.370 e. The zero-order chi connectivity index (χ0) is 13.7. The molecule has 0 amide bonds. The number of anilines is 2. The monoisotopic (exact) mass is 283 g/mol. The van der Waals surface area contributed by atoms with Crippen LogP contribution in [-0.2, 0) is 0 Å². The normalized spacial score (nSPS) is 18.2. The minimum atomic E-state index is 0.207. The lowest BCUT2D eigenvalue weighted by Gasteiger charge is -2.29. The first-order valence-corrected chi connectivity index (χ1v) is 7.27. The van der Waals surface area contributed by atoms with E-state index in [0.29, 0.717) is 16.9 Å². The number of hydrogen-bond acceptors (Lipinski definition) is 5. The molecule has 0 aromatic carbocycles. The van der Waals surface area contributed by atoms with Gasteiger partial charge < -0.3 is 16.0 Å². The van der Waals surface area contributed by atoms with E-state index in [1.54, 1.807) is 6.07 Å². The van der Waals surface area contributed by atoms with Crippen LogP contribution >= 0.6 is 11.6 Å². The molecule has 0 aliphatic carbocycles.